The summed E-state index contributed by atoms with van der Waals surface area (Å²) in [5.41, 5.74) is 0.850. The summed E-state index contributed by atoms with van der Waals surface area (Å²) >= 11 is 3.98. The molecule has 0 aromatic carbocycles. The van der Waals surface area contributed by atoms with Crippen LogP contribution in [-0.2, 0) is 0 Å². The van der Waals surface area contributed by atoms with Crippen LogP contribution in [0.2, 0.25) is 0 Å². The first-order valence-electron chi connectivity index (χ1n) is 2.26. The average Bonchev–Trinajstić information content (AvgIpc) is 1.83. The van der Waals surface area contributed by atoms with Gasteiger partial charge in [-0.25, -0.2) is 0 Å². The van der Waals surface area contributed by atoms with Crippen LogP contribution in [0.25, 0.3) is 0 Å². The molecule has 0 spiro atoms. The van der Waals surface area contributed by atoms with Gasteiger partial charge >= 0.3 is 0 Å². The van der Waals surface area contributed by atoms with Crippen LogP contribution in [0.1, 0.15) is 0 Å². The minimum absolute atomic E-state index is 0.621. The van der Waals surface area contributed by atoms with Gasteiger partial charge in [0.15, 0.2) is 0 Å². The largest absolute Gasteiger partial charge is 0.261 e. The highest BCUT2D eigenvalue weighted by Crippen LogP contribution is 1.84. The van der Waals surface area contributed by atoms with Crippen molar-refractivity contribution >= 4 is 18.3 Å². The minimum Gasteiger partial charge on any atom is -0.261 e. The highest BCUT2D eigenvalue weighted by Gasteiger charge is 1.82. The smallest absolute Gasteiger partial charge is 0.0493 e. The van der Waals surface area contributed by atoms with Crippen molar-refractivity contribution in [3.63, 3.8) is 0 Å². The molecule has 0 unspecified atom stereocenters. The summed E-state index contributed by atoms with van der Waals surface area (Å²) in [5, 5.41) is 0. The van der Waals surface area contributed by atoms with E-state index in [0.29, 0.717) is 5.75 Å². The second-order valence-electron chi connectivity index (χ2n) is 1.17. The van der Waals surface area contributed by atoms with E-state index in [1.807, 2.05) is 0 Å². The summed E-state index contributed by atoms with van der Waals surface area (Å²) in [6, 6.07) is 0. The number of hydrogen-bond donors (Lipinski definition) is 1. The molecule has 0 saturated heterocycles. The zero-order valence-electron chi connectivity index (χ0n) is 4.67. The predicted octanol–water partition coefficient (Wildman–Crippen LogP) is 1.69. The van der Waals surface area contributed by atoms with Crippen LogP contribution >= 0.6 is 12.6 Å². The Morgan fingerprint density at radius 2 is 2.25 bits per heavy atom. The van der Waals surface area contributed by atoms with Crippen LogP contribution in [0.15, 0.2) is 30.4 Å². The van der Waals surface area contributed by atoms with E-state index >= 15 is 0 Å². The summed E-state index contributed by atoms with van der Waals surface area (Å²) < 4.78 is 0. The molecule has 0 atom stereocenters. The molecule has 0 aromatic rings. The zero-order chi connectivity index (χ0) is 6.41. The number of rotatable bonds is 3. The molecule has 0 rings (SSSR count). The highest BCUT2D eigenvalue weighted by molar-refractivity contribution is 7.81. The Morgan fingerprint density at radius 3 is 2.38 bits per heavy atom. The standard InChI is InChI=1S/C6H9NS/c1-3-6(5-8)7-4-2/h3-4,8H,1-2,5H2. The third-order valence-corrected chi connectivity index (χ3v) is 0.979. The lowest BCUT2D eigenvalue weighted by Crippen LogP contribution is -1.91. The summed E-state index contributed by atoms with van der Waals surface area (Å²) in [7, 11) is 0. The van der Waals surface area contributed by atoms with E-state index in [-0.39, 0.29) is 0 Å². The molecule has 0 radical (unpaired) electrons. The van der Waals surface area contributed by atoms with Gasteiger partial charge in [0.05, 0.1) is 0 Å². The van der Waals surface area contributed by atoms with Gasteiger partial charge in [-0.1, -0.05) is 13.2 Å². The van der Waals surface area contributed by atoms with Crippen molar-refractivity contribution in [2.75, 3.05) is 5.75 Å². The summed E-state index contributed by atoms with van der Waals surface area (Å²) in [5.74, 6) is 0.621. The average molecular weight is 127 g/mol. The van der Waals surface area contributed by atoms with Gasteiger partial charge in [0.2, 0.25) is 0 Å². The molecule has 0 heterocycles. The molecule has 0 amide bonds. The normalized spacial score (nSPS) is 10.9. The second kappa shape index (κ2) is 4.65. The Balaban J connectivity index is 3.84. The SMILES string of the molecule is C=CN=C(C=C)CS. The van der Waals surface area contributed by atoms with Crippen molar-refractivity contribution < 1.29 is 0 Å². The van der Waals surface area contributed by atoms with Crippen molar-refractivity contribution in [1.82, 2.24) is 0 Å². The van der Waals surface area contributed by atoms with Crippen molar-refractivity contribution in [3.05, 3.63) is 25.4 Å². The molecule has 0 fully saturated rings. The van der Waals surface area contributed by atoms with Gasteiger partial charge in [-0.2, -0.15) is 12.6 Å². The molecule has 0 aliphatic carbocycles. The van der Waals surface area contributed by atoms with Gasteiger partial charge in [-0.05, 0) is 6.08 Å². The Bertz CT molecular complexity index is 116. The summed E-state index contributed by atoms with van der Waals surface area (Å²) in [6.07, 6.45) is 3.14. The van der Waals surface area contributed by atoms with Crippen LogP contribution < -0.4 is 0 Å². The number of nitrogens with zero attached hydrogens (tertiary/aromatic N) is 1. The number of aliphatic imine (C=N–C) groups is 1. The maximum absolute atomic E-state index is 3.98. The lowest BCUT2D eigenvalue weighted by Gasteiger charge is -1.87. The van der Waals surface area contributed by atoms with Crippen LogP contribution in [0.5, 0.6) is 0 Å². The van der Waals surface area contributed by atoms with E-state index in [9.17, 15) is 0 Å². The first-order chi connectivity index (χ1) is 3.85. The monoisotopic (exact) mass is 127 g/mol. The van der Waals surface area contributed by atoms with E-state index in [1.165, 1.54) is 6.20 Å². The van der Waals surface area contributed by atoms with Crippen molar-refractivity contribution in [3.8, 4) is 0 Å². The molecule has 1 nitrogen and oxygen atoms in total. The first kappa shape index (κ1) is 7.50. The number of allylic oxidation sites excluding steroid dienone is 1. The fourth-order valence-corrected chi connectivity index (χ4v) is 0.486. The lowest BCUT2D eigenvalue weighted by molar-refractivity contribution is 1.57. The maximum atomic E-state index is 3.98. The third kappa shape index (κ3) is 2.64. The molecular formula is C6H9NS. The Hall–Kier alpha value is -0.500. The van der Waals surface area contributed by atoms with Gasteiger partial charge in [0.1, 0.15) is 0 Å². The summed E-state index contributed by atoms with van der Waals surface area (Å²) in [6.45, 7) is 6.95. The molecule has 0 aliphatic heterocycles. The van der Waals surface area contributed by atoms with E-state index in [4.69, 9.17) is 0 Å². The van der Waals surface area contributed by atoms with Gasteiger partial charge < -0.3 is 0 Å². The Labute approximate surface area is 55.2 Å². The Kier molecular flexibility index (Phi) is 4.36. The quantitative estimate of drug-likeness (QED) is 0.437. The van der Waals surface area contributed by atoms with Gasteiger partial charge in [-0.15, -0.1) is 0 Å². The zero-order valence-corrected chi connectivity index (χ0v) is 5.56. The number of thiol groups is 1. The molecule has 2 heteroatoms. The van der Waals surface area contributed by atoms with Crippen molar-refractivity contribution in [1.29, 1.82) is 0 Å². The molecule has 8 heavy (non-hydrogen) atoms. The predicted molar refractivity (Wildman–Crippen MR) is 41.7 cm³/mol. The fourth-order valence-electron chi connectivity index (χ4n) is 0.275. The minimum atomic E-state index is 0.621. The first-order valence-corrected chi connectivity index (χ1v) is 2.89. The molecule has 0 N–H and O–H groups in total. The second-order valence-corrected chi connectivity index (χ2v) is 1.48. The molecule has 0 saturated carbocycles. The van der Waals surface area contributed by atoms with Crippen LogP contribution in [0, 0.1) is 0 Å². The topological polar surface area (TPSA) is 12.4 Å². The van der Waals surface area contributed by atoms with Crippen LogP contribution in [-0.4, -0.2) is 11.5 Å². The fraction of sp³-hybridized carbons (Fsp3) is 0.167. The molecular weight excluding hydrogens is 118 g/mol. The van der Waals surface area contributed by atoms with Gasteiger partial charge in [-0.3, -0.25) is 4.99 Å². The highest BCUT2D eigenvalue weighted by atomic mass is 32.1. The van der Waals surface area contributed by atoms with Gasteiger partial charge in [0, 0.05) is 17.7 Å². The van der Waals surface area contributed by atoms with E-state index in [1.54, 1.807) is 6.08 Å². The maximum Gasteiger partial charge on any atom is 0.0493 e. The van der Waals surface area contributed by atoms with E-state index in [2.05, 4.69) is 30.8 Å². The summed E-state index contributed by atoms with van der Waals surface area (Å²) in [4.78, 5) is 3.85. The van der Waals surface area contributed by atoms with E-state index < -0.39 is 0 Å². The molecule has 0 aromatic heterocycles. The third-order valence-electron chi connectivity index (χ3n) is 0.655. The van der Waals surface area contributed by atoms with E-state index in [0.717, 1.165) is 5.71 Å². The Morgan fingerprint density at radius 1 is 1.62 bits per heavy atom. The van der Waals surface area contributed by atoms with Crippen LogP contribution in [0.3, 0.4) is 0 Å². The molecule has 0 bridgehead atoms. The molecule has 44 valence electrons. The number of hydrogen-bond acceptors (Lipinski definition) is 2. The van der Waals surface area contributed by atoms with Gasteiger partial charge in [0.25, 0.3) is 0 Å². The lowest BCUT2D eigenvalue weighted by atomic mass is 10.4. The molecule has 0 aliphatic rings. The van der Waals surface area contributed by atoms with Crippen molar-refractivity contribution in [2.45, 2.75) is 0 Å². The van der Waals surface area contributed by atoms with Crippen LogP contribution in [0.4, 0.5) is 0 Å². The van der Waals surface area contributed by atoms with Crippen molar-refractivity contribution in [2.24, 2.45) is 4.99 Å².